The van der Waals surface area contributed by atoms with Crippen molar-refractivity contribution in [3.63, 3.8) is 0 Å². The summed E-state index contributed by atoms with van der Waals surface area (Å²) >= 11 is 0. The molecule has 5 heteroatoms. The van der Waals surface area contributed by atoms with E-state index in [0.717, 1.165) is 0 Å². The molecule has 4 nitrogen and oxygen atoms in total. The van der Waals surface area contributed by atoms with Gasteiger partial charge < -0.3 is 15.2 Å². The van der Waals surface area contributed by atoms with E-state index in [1.165, 1.54) is 25.3 Å². The van der Waals surface area contributed by atoms with Crippen LogP contribution in [0.1, 0.15) is 5.56 Å². The van der Waals surface area contributed by atoms with Gasteiger partial charge in [-0.3, -0.25) is 0 Å². The van der Waals surface area contributed by atoms with E-state index >= 15 is 0 Å². The summed E-state index contributed by atoms with van der Waals surface area (Å²) in [5.74, 6) is 0.199. The molecule has 0 saturated carbocycles. The first kappa shape index (κ1) is 11.3. The van der Waals surface area contributed by atoms with Crippen molar-refractivity contribution in [3.8, 4) is 5.75 Å². The molecule has 1 aromatic carbocycles. The first-order chi connectivity index (χ1) is 7.13. The van der Waals surface area contributed by atoms with E-state index in [4.69, 9.17) is 9.84 Å². The van der Waals surface area contributed by atoms with Crippen LogP contribution in [0.2, 0.25) is 0 Å². The minimum Gasteiger partial charge on any atom is -0.496 e. The second-order valence-electron chi connectivity index (χ2n) is 2.94. The number of methoxy groups -OCH3 is 1. The Morgan fingerprint density at radius 1 is 1.60 bits per heavy atom. The molecule has 82 valence electrons. The van der Waals surface area contributed by atoms with Crippen LogP contribution in [0.15, 0.2) is 18.2 Å². The van der Waals surface area contributed by atoms with Crippen LogP contribution in [0.3, 0.4) is 0 Å². The van der Waals surface area contributed by atoms with E-state index in [0.29, 0.717) is 17.7 Å². The molecule has 0 spiro atoms. The second-order valence-corrected chi connectivity index (χ2v) is 2.94. The third-order valence-corrected chi connectivity index (χ3v) is 1.91. The average molecular weight is 213 g/mol. The molecule has 1 aromatic rings. The first-order valence-electron chi connectivity index (χ1n) is 4.42. The summed E-state index contributed by atoms with van der Waals surface area (Å²) in [4.78, 5) is 10.2. The zero-order valence-corrected chi connectivity index (χ0v) is 8.29. The lowest BCUT2D eigenvalue weighted by molar-refractivity contribution is 0.194. The van der Waals surface area contributed by atoms with Crippen LogP contribution in [0.5, 0.6) is 5.75 Å². The van der Waals surface area contributed by atoms with E-state index in [9.17, 15) is 9.18 Å². The molecule has 0 aliphatic rings. The number of nitrogens with one attached hydrogen (secondary N) is 1. The summed E-state index contributed by atoms with van der Waals surface area (Å²) in [6, 6.07) is 4.15. The highest BCUT2D eigenvalue weighted by molar-refractivity contribution is 5.64. The van der Waals surface area contributed by atoms with Crippen LogP contribution >= 0.6 is 0 Å². The lowest BCUT2D eigenvalue weighted by Crippen LogP contribution is -2.23. The molecule has 2 N–H and O–H groups in total. The van der Waals surface area contributed by atoms with Crippen molar-refractivity contribution in [2.24, 2.45) is 0 Å². The molecule has 1 rings (SSSR count). The van der Waals surface area contributed by atoms with Crippen LogP contribution in [0.25, 0.3) is 0 Å². The monoisotopic (exact) mass is 213 g/mol. The number of ether oxygens (including phenoxy) is 1. The third-order valence-electron chi connectivity index (χ3n) is 1.91. The van der Waals surface area contributed by atoms with Crippen LogP contribution in [0, 0.1) is 5.82 Å². The highest BCUT2D eigenvalue weighted by Crippen LogP contribution is 2.19. The summed E-state index contributed by atoms with van der Waals surface area (Å²) < 4.78 is 17.9. The summed E-state index contributed by atoms with van der Waals surface area (Å²) in [5.41, 5.74) is 0.645. The number of hydrogen-bond acceptors (Lipinski definition) is 2. The fourth-order valence-corrected chi connectivity index (χ4v) is 1.25. The quantitative estimate of drug-likeness (QED) is 0.799. The summed E-state index contributed by atoms with van der Waals surface area (Å²) in [6.07, 6.45) is -0.696. The van der Waals surface area contributed by atoms with Gasteiger partial charge in [-0.2, -0.15) is 0 Å². The maximum absolute atomic E-state index is 12.9. The Morgan fingerprint density at radius 3 is 2.93 bits per heavy atom. The molecule has 0 radical (unpaired) electrons. The van der Waals surface area contributed by atoms with Crippen molar-refractivity contribution in [2.45, 2.75) is 6.42 Å². The zero-order chi connectivity index (χ0) is 11.3. The van der Waals surface area contributed by atoms with E-state index < -0.39 is 6.09 Å². The van der Waals surface area contributed by atoms with Gasteiger partial charge in [0.15, 0.2) is 0 Å². The largest absolute Gasteiger partial charge is 0.496 e. The number of amides is 1. The topological polar surface area (TPSA) is 58.6 Å². The van der Waals surface area contributed by atoms with Gasteiger partial charge in [-0.25, -0.2) is 9.18 Å². The van der Waals surface area contributed by atoms with Gasteiger partial charge in [0.25, 0.3) is 0 Å². The van der Waals surface area contributed by atoms with E-state index in [-0.39, 0.29) is 12.4 Å². The molecule has 0 aliphatic carbocycles. The van der Waals surface area contributed by atoms with Crippen molar-refractivity contribution in [2.75, 3.05) is 13.7 Å². The zero-order valence-electron chi connectivity index (χ0n) is 8.29. The third kappa shape index (κ3) is 3.46. The van der Waals surface area contributed by atoms with Gasteiger partial charge in [0.05, 0.1) is 7.11 Å². The Kier molecular flexibility index (Phi) is 3.91. The fraction of sp³-hybridized carbons (Fsp3) is 0.300. The normalized spacial score (nSPS) is 9.73. The van der Waals surface area contributed by atoms with Gasteiger partial charge in [0.2, 0.25) is 0 Å². The molecular formula is C10H12FNO3. The highest BCUT2D eigenvalue weighted by Gasteiger charge is 2.04. The maximum atomic E-state index is 12.9. The number of rotatable bonds is 4. The van der Waals surface area contributed by atoms with Crippen molar-refractivity contribution in [1.82, 2.24) is 5.32 Å². The number of carboxylic acid groups (broad SMARTS) is 1. The minimum atomic E-state index is -1.09. The van der Waals surface area contributed by atoms with Crippen LogP contribution in [-0.4, -0.2) is 24.9 Å². The van der Waals surface area contributed by atoms with E-state index in [2.05, 4.69) is 5.32 Å². The molecule has 0 fully saturated rings. The minimum absolute atomic E-state index is 0.231. The summed E-state index contributed by atoms with van der Waals surface area (Å²) in [7, 11) is 1.49. The SMILES string of the molecule is COc1ccc(F)cc1CCNC(=O)O. The molecular weight excluding hydrogens is 201 g/mol. The van der Waals surface area contributed by atoms with Gasteiger partial charge in [-0.1, -0.05) is 0 Å². The molecule has 0 unspecified atom stereocenters. The average Bonchev–Trinajstić information content (AvgIpc) is 2.17. The number of benzene rings is 1. The Morgan fingerprint density at radius 2 is 2.33 bits per heavy atom. The smallest absolute Gasteiger partial charge is 0.404 e. The molecule has 0 bridgehead atoms. The van der Waals surface area contributed by atoms with Gasteiger partial charge in [0, 0.05) is 6.54 Å². The van der Waals surface area contributed by atoms with Crippen molar-refractivity contribution in [1.29, 1.82) is 0 Å². The predicted octanol–water partition coefficient (Wildman–Crippen LogP) is 1.64. The molecule has 1 amide bonds. The van der Waals surface area contributed by atoms with Crippen LogP contribution in [0.4, 0.5) is 9.18 Å². The Labute approximate surface area is 86.7 Å². The maximum Gasteiger partial charge on any atom is 0.404 e. The Bertz CT molecular complexity index is 355. The van der Waals surface area contributed by atoms with Crippen LogP contribution < -0.4 is 10.1 Å². The molecule has 0 saturated heterocycles. The molecule has 0 aromatic heterocycles. The Hall–Kier alpha value is -1.78. The van der Waals surface area contributed by atoms with Gasteiger partial charge in [-0.05, 0) is 30.2 Å². The lowest BCUT2D eigenvalue weighted by atomic mass is 10.1. The fourth-order valence-electron chi connectivity index (χ4n) is 1.25. The summed E-state index contributed by atoms with van der Waals surface area (Å²) in [5, 5.41) is 10.6. The predicted molar refractivity (Wildman–Crippen MR) is 52.7 cm³/mol. The first-order valence-corrected chi connectivity index (χ1v) is 4.42. The number of carbonyl (C=O) groups is 1. The summed E-state index contributed by atoms with van der Waals surface area (Å²) in [6.45, 7) is 0.231. The highest BCUT2D eigenvalue weighted by atomic mass is 19.1. The van der Waals surface area contributed by atoms with Crippen molar-refractivity contribution >= 4 is 6.09 Å². The molecule has 0 aliphatic heterocycles. The van der Waals surface area contributed by atoms with Gasteiger partial charge >= 0.3 is 6.09 Å². The standard InChI is InChI=1S/C10H12FNO3/c1-15-9-3-2-8(11)6-7(9)4-5-12-10(13)14/h2-3,6,12H,4-5H2,1H3,(H,13,14). The Balaban J connectivity index is 2.65. The van der Waals surface area contributed by atoms with Gasteiger partial charge in [0.1, 0.15) is 11.6 Å². The molecule has 0 heterocycles. The lowest BCUT2D eigenvalue weighted by Gasteiger charge is -2.08. The van der Waals surface area contributed by atoms with E-state index in [1.807, 2.05) is 0 Å². The van der Waals surface area contributed by atoms with Crippen LogP contribution in [-0.2, 0) is 6.42 Å². The van der Waals surface area contributed by atoms with Crippen molar-refractivity contribution < 1.29 is 19.0 Å². The number of hydrogen-bond donors (Lipinski definition) is 2. The van der Waals surface area contributed by atoms with E-state index in [1.54, 1.807) is 0 Å². The molecule has 15 heavy (non-hydrogen) atoms. The number of halogens is 1. The van der Waals surface area contributed by atoms with Gasteiger partial charge in [-0.15, -0.1) is 0 Å². The van der Waals surface area contributed by atoms with Crippen molar-refractivity contribution in [3.05, 3.63) is 29.6 Å². The molecule has 0 atom stereocenters. The second kappa shape index (κ2) is 5.19.